The van der Waals surface area contributed by atoms with Crippen LogP contribution in [0.15, 0.2) is 24.5 Å². The van der Waals surface area contributed by atoms with Gasteiger partial charge >= 0.3 is 0 Å². The summed E-state index contributed by atoms with van der Waals surface area (Å²) in [6.45, 7) is 8.03. The number of ether oxygens (including phenoxy) is 1. The molecule has 122 valence electrons. The molecule has 0 bridgehead atoms. The molecule has 5 nitrogen and oxygen atoms in total. The second-order valence-electron chi connectivity index (χ2n) is 5.71. The molecule has 1 atom stereocenters. The predicted octanol–water partition coefficient (Wildman–Crippen LogP) is 2.01. The summed E-state index contributed by atoms with van der Waals surface area (Å²) < 4.78 is 5.44. The zero-order valence-corrected chi connectivity index (χ0v) is 13.6. The van der Waals surface area contributed by atoms with Crippen LogP contribution in [-0.4, -0.2) is 48.6 Å². The minimum atomic E-state index is 0.110. The molecule has 1 saturated heterocycles. The van der Waals surface area contributed by atoms with Gasteiger partial charge in [-0.1, -0.05) is 19.9 Å². The summed E-state index contributed by atoms with van der Waals surface area (Å²) in [5.74, 6) is 0.270. The molecule has 2 rings (SSSR count). The highest BCUT2D eigenvalue weighted by Crippen LogP contribution is 2.20. The Bertz CT molecular complexity index is 442. The van der Waals surface area contributed by atoms with Crippen LogP contribution in [-0.2, 0) is 9.53 Å². The standard InChI is InChI=1S/C17H27N3O2/c1-3-14(4-2)17(21)19-13-16(15-6-5-7-18-12-15)20-8-10-22-11-9-20/h5-7,12,14,16H,3-4,8-11,13H2,1-2H3,(H,19,21). The van der Waals surface area contributed by atoms with Gasteiger partial charge in [-0.25, -0.2) is 0 Å². The number of carbonyl (C=O) groups is 1. The first-order valence-corrected chi connectivity index (χ1v) is 8.25. The van der Waals surface area contributed by atoms with Crippen LogP contribution >= 0.6 is 0 Å². The second-order valence-corrected chi connectivity index (χ2v) is 5.71. The van der Waals surface area contributed by atoms with Gasteiger partial charge in [-0.05, 0) is 24.5 Å². The van der Waals surface area contributed by atoms with Gasteiger partial charge in [0.25, 0.3) is 0 Å². The number of hydrogen-bond acceptors (Lipinski definition) is 4. The molecule has 0 aliphatic carbocycles. The molecule has 5 heteroatoms. The van der Waals surface area contributed by atoms with Gasteiger partial charge in [0.15, 0.2) is 0 Å². The molecule has 1 unspecified atom stereocenters. The first-order valence-electron chi connectivity index (χ1n) is 8.25. The Morgan fingerprint density at radius 2 is 2.09 bits per heavy atom. The number of hydrogen-bond donors (Lipinski definition) is 1. The fourth-order valence-electron chi connectivity index (χ4n) is 2.92. The van der Waals surface area contributed by atoms with E-state index in [0.29, 0.717) is 6.54 Å². The summed E-state index contributed by atoms with van der Waals surface area (Å²) in [7, 11) is 0. The largest absolute Gasteiger partial charge is 0.379 e. The van der Waals surface area contributed by atoms with Crippen LogP contribution < -0.4 is 5.32 Å². The maximum Gasteiger partial charge on any atom is 0.223 e. The lowest BCUT2D eigenvalue weighted by Crippen LogP contribution is -2.44. The predicted molar refractivity (Wildman–Crippen MR) is 86.5 cm³/mol. The van der Waals surface area contributed by atoms with E-state index in [1.165, 1.54) is 0 Å². The number of carbonyl (C=O) groups excluding carboxylic acids is 1. The molecule has 0 spiro atoms. The van der Waals surface area contributed by atoms with Crippen molar-refractivity contribution in [2.75, 3.05) is 32.8 Å². The summed E-state index contributed by atoms with van der Waals surface area (Å²) in [5, 5.41) is 3.13. The number of nitrogens with one attached hydrogen (secondary N) is 1. The number of aromatic nitrogens is 1. The summed E-state index contributed by atoms with van der Waals surface area (Å²) in [6.07, 6.45) is 5.45. The third kappa shape index (κ3) is 4.52. The second kappa shape index (κ2) is 8.86. The molecule has 0 radical (unpaired) electrons. The number of rotatable bonds is 7. The Hall–Kier alpha value is -1.46. The van der Waals surface area contributed by atoms with E-state index in [9.17, 15) is 4.79 Å². The van der Waals surface area contributed by atoms with E-state index < -0.39 is 0 Å². The number of pyridine rings is 1. The molecule has 1 amide bonds. The Kier molecular flexibility index (Phi) is 6.80. The Labute approximate surface area is 133 Å². The molecule has 1 fully saturated rings. The van der Waals surface area contributed by atoms with Gasteiger partial charge in [-0.15, -0.1) is 0 Å². The molecule has 1 aliphatic rings. The minimum absolute atomic E-state index is 0.110. The number of nitrogens with zero attached hydrogens (tertiary/aromatic N) is 2. The SMILES string of the molecule is CCC(CC)C(=O)NCC(c1cccnc1)N1CCOCC1. The van der Waals surface area contributed by atoms with Gasteiger partial charge in [0.2, 0.25) is 5.91 Å². The molecule has 1 aromatic rings. The maximum absolute atomic E-state index is 12.3. The average Bonchev–Trinajstić information content (AvgIpc) is 2.58. The highest BCUT2D eigenvalue weighted by atomic mass is 16.5. The first kappa shape index (κ1) is 16.9. The molecule has 22 heavy (non-hydrogen) atoms. The molecule has 1 aromatic heterocycles. The van der Waals surface area contributed by atoms with Crippen LogP contribution in [0.25, 0.3) is 0 Å². The summed E-state index contributed by atoms with van der Waals surface area (Å²) >= 11 is 0. The molecule has 0 saturated carbocycles. The minimum Gasteiger partial charge on any atom is -0.379 e. The van der Waals surface area contributed by atoms with Crippen molar-refractivity contribution in [3.8, 4) is 0 Å². The van der Waals surface area contributed by atoms with Crippen molar-refractivity contribution in [2.45, 2.75) is 32.7 Å². The molecule has 1 aliphatic heterocycles. The Morgan fingerprint density at radius 3 is 2.68 bits per heavy atom. The lowest BCUT2D eigenvalue weighted by Gasteiger charge is -2.35. The van der Waals surface area contributed by atoms with Crippen molar-refractivity contribution in [3.05, 3.63) is 30.1 Å². The van der Waals surface area contributed by atoms with Crippen molar-refractivity contribution >= 4 is 5.91 Å². The lowest BCUT2D eigenvalue weighted by atomic mass is 10.0. The smallest absolute Gasteiger partial charge is 0.223 e. The van der Waals surface area contributed by atoms with Crippen LogP contribution in [0.4, 0.5) is 0 Å². The molecular weight excluding hydrogens is 278 g/mol. The van der Waals surface area contributed by atoms with E-state index in [0.717, 1.165) is 44.7 Å². The van der Waals surface area contributed by atoms with Gasteiger partial charge in [0.05, 0.1) is 19.3 Å². The average molecular weight is 305 g/mol. The highest BCUT2D eigenvalue weighted by Gasteiger charge is 2.24. The third-order valence-electron chi connectivity index (χ3n) is 4.38. The van der Waals surface area contributed by atoms with E-state index in [4.69, 9.17) is 4.74 Å². The van der Waals surface area contributed by atoms with E-state index >= 15 is 0 Å². The summed E-state index contributed by atoms with van der Waals surface area (Å²) in [5.41, 5.74) is 1.15. The van der Waals surface area contributed by atoms with Crippen molar-refractivity contribution < 1.29 is 9.53 Å². The van der Waals surface area contributed by atoms with Crippen LogP contribution in [0.2, 0.25) is 0 Å². The Balaban J connectivity index is 2.03. The van der Waals surface area contributed by atoms with E-state index in [-0.39, 0.29) is 17.9 Å². The van der Waals surface area contributed by atoms with Crippen LogP contribution in [0.1, 0.15) is 38.3 Å². The van der Waals surface area contributed by atoms with Crippen LogP contribution in [0, 0.1) is 5.92 Å². The fraction of sp³-hybridized carbons (Fsp3) is 0.647. The van der Waals surface area contributed by atoms with E-state index in [1.54, 1.807) is 6.20 Å². The molecule has 2 heterocycles. The monoisotopic (exact) mass is 305 g/mol. The maximum atomic E-state index is 12.3. The first-order chi connectivity index (χ1) is 10.8. The molecule has 1 N–H and O–H groups in total. The van der Waals surface area contributed by atoms with Gasteiger partial charge in [0, 0.05) is 37.9 Å². The van der Waals surface area contributed by atoms with Crippen molar-refractivity contribution in [1.29, 1.82) is 0 Å². The zero-order chi connectivity index (χ0) is 15.8. The highest BCUT2D eigenvalue weighted by molar-refractivity contribution is 5.78. The van der Waals surface area contributed by atoms with Crippen molar-refractivity contribution in [2.24, 2.45) is 5.92 Å². The quantitative estimate of drug-likeness (QED) is 0.837. The summed E-state index contributed by atoms with van der Waals surface area (Å²) in [4.78, 5) is 18.8. The number of amides is 1. The lowest BCUT2D eigenvalue weighted by molar-refractivity contribution is -0.125. The van der Waals surface area contributed by atoms with Gasteiger partial charge in [-0.3, -0.25) is 14.7 Å². The zero-order valence-electron chi connectivity index (χ0n) is 13.6. The molecular formula is C17H27N3O2. The fourth-order valence-corrected chi connectivity index (χ4v) is 2.92. The van der Waals surface area contributed by atoms with Crippen LogP contribution in [0.3, 0.4) is 0 Å². The van der Waals surface area contributed by atoms with Gasteiger partial charge in [-0.2, -0.15) is 0 Å². The van der Waals surface area contributed by atoms with E-state index in [2.05, 4.69) is 35.1 Å². The van der Waals surface area contributed by atoms with Gasteiger partial charge in [0.1, 0.15) is 0 Å². The normalized spacial score (nSPS) is 17.4. The van der Waals surface area contributed by atoms with Crippen LogP contribution in [0.5, 0.6) is 0 Å². The van der Waals surface area contributed by atoms with Crippen molar-refractivity contribution in [1.82, 2.24) is 15.2 Å². The van der Waals surface area contributed by atoms with E-state index in [1.807, 2.05) is 12.3 Å². The van der Waals surface area contributed by atoms with Crippen molar-refractivity contribution in [3.63, 3.8) is 0 Å². The van der Waals surface area contributed by atoms with Gasteiger partial charge < -0.3 is 10.1 Å². The topological polar surface area (TPSA) is 54.5 Å². The molecule has 0 aromatic carbocycles. The Morgan fingerprint density at radius 1 is 1.36 bits per heavy atom. The number of morpholine rings is 1. The third-order valence-corrected chi connectivity index (χ3v) is 4.38. The summed E-state index contributed by atoms with van der Waals surface area (Å²) in [6, 6.07) is 4.19.